The van der Waals surface area contributed by atoms with Gasteiger partial charge in [0.2, 0.25) is 0 Å². The number of rotatable bonds is 8. The number of phenolic OH excluding ortho intramolecular Hbond substituents is 1. The Morgan fingerprint density at radius 2 is 1.91 bits per heavy atom. The molecule has 1 aromatic heterocycles. The third-order valence-corrected chi connectivity index (χ3v) is 5.72. The zero-order chi connectivity index (χ0) is 23.9. The summed E-state index contributed by atoms with van der Waals surface area (Å²) in [5.74, 6) is 0.0304. The van der Waals surface area contributed by atoms with Gasteiger partial charge in [0.1, 0.15) is 0 Å². The molecule has 0 radical (unpaired) electrons. The van der Waals surface area contributed by atoms with E-state index in [1.807, 2.05) is 43.3 Å². The number of ether oxygens (including phenoxy) is 1. The standard InChI is InChI=1S/C25H22N4O4S/c1-2-33-22-14-17(12-13-21(22)30)15-26-28-23(31)16-34-25-27-20-11-7-6-10-19(20)24(32)29(25)18-8-4-3-5-9-18/h3-15,30H,2,16H2,1H3,(H,28,31)/b26-15-. The fraction of sp³-hybridized carbons (Fsp3) is 0.120. The Morgan fingerprint density at radius 3 is 2.71 bits per heavy atom. The van der Waals surface area contributed by atoms with Crippen molar-refractivity contribution in [2.45, 2.75) is 12.1 Å². The molecule has 1 amide bonds. The van der Waals surface area contributed by atoms with Gasteiger partial charge >= 0.3 is 0 Å². The zero-order valence-corrected chi connectivity index (χ0v) is 19.2. The van der Waals surface area contributed by atoms with Crippen molar-refractivity contribution in [3.63, 3.8) is 0 Å². The van der Waals surface area contributed by atoms with E-state index in [1.54, 1.807) is 30.3 Å². The average molecular weight is 475 g/mol. The van der Waals surface area contributed by atoms with Crippen LogP contribution in [0, 0.1) is 0 Å². The van der Waals surface area contributed by atoms with Crippen LogP contribution in [-0.2, 0) is 4.79 Å². The molecule has 9 heteroatoms. The molecule has 0 fully saturated rings. The number of para-hydroxylation sites is 2. The van der Waals surface area contributed by atoms with E-state index >= 15 is 0 Å². The van der Waals surface area contributed by atoms with Gasteiger partial charge in [-0.3, -0.25) is 14.2 Å². The molecule has 1 heterocycles. The van der Waals surface area contributed by atoms with Crippen LogP contribution >= 0.6 is 11.8 Å². The summed E-state index contributed by atoms with van der Waals surface area (Å²) < 4.78 is 6.85. The van der Waals surface area contributed by atoms with E-state index in [9.17, 15) is 14.7 Å². The molecule has 0 aliphatic rings. The molecule has 0 bridgehead atoms. The second kappa shape index (κ2) is 10.7. The highest BCUT2D eigenvalue weighted by Crippen LogP contribution is 2.26. The van der Waals surface area contributed by atoms with Gasteiger partial charge in [0, 0.05) is 0 Å². The molecular weight excluding hydrogens is 452 g/mol. The van der Waals surface area contributed by atoms with Crippen LogP contribution < -0.4 is 15.7 Å². The van der Waals surface area contributed by atoms with Crippen LogP contribution in [0.25, 0.3) is 16.6 Å². The molecule has 0 aliphatic carbocycles. The van der Waals surface area contributed by atoms with Crippen molar-refractivity contribution in [1.82, 2.24) is 15.0 Å². The summed E-state index contributed by atoms with van der Waals surface area (Å²) in [4.78, 5) is 30.2. The van der Waals surface area contributed by atoms with E-state index in [2.05, 4.69) is 15.5 Å². The maximum absolute atomic E-state index is 13.2. The molecule has 0 saturated carbocycles. The van der Waals surface area contributed by atoms with Gasteiger partial charge in [-0.25, -0.2) is 10.4 Å². The Balaban J connectivity index is 1.50. The third kappa shape index (κ3) is 5.26. The molecule has 172 valence electrons. The van der Waals surface area contributed by atoms with Crippen molar-refractivity contribution in [3.8, 4) is 17.2 Å². The lowest BCUT2D eigenvalue weighted by atomic mass is 10.2. The highest BCUT2D eigenvalue weighted by Gasteiger charge is 2.14. The number of hydrazone groups is 1. The first-order valence-corrected chi connectivity index (χ1v) is 11.5. The number of carbonyl (C=O) groups is 1. The second-order valence-electron chi connectivity index (χ2n) is 7.13. The Morgan fingerprint density at radius 1 is 1.15 bits per heavy atom. The number of carbonyl (C=O) groups excluding carboxylic acids is 1. The molecular formula is C25H22N4O4S. The SMILES string of the molecule is CCOc1cc(/C=N\NC(=O)CSc2nc3ccccc3c(=O)n2-c2ccccc2)ccc1O. The molecule has 4 rings (SSSR count). The summed E-state index contributed by atoms with van der Waals surface area (Å²) in [7, 11) is 0. The fourth-order valence-corrected chi connectivity index (χ4v) is 4.04. The average Bonchev–Trinajstić information content (AvgIpc) is 2.85. The molecule has 34 heavy (non-hydrogen) atoms. The van der Waals surface area contributed by atoms with Gasteiger partial charge in [0.25, 0.3) is 11.5 Å². The number of hydrogen-bond donors (Lipinski definition) is 2. The first kappa shape index (κ1) is 23.1. The zero-order valence-electron chi connectivity index (χ0n) is 18.3. The predicted molar refractivity (Wildman–Crippen MR) is 133 cm³/mol. The monoisotopic (exact) mass is 474 g/mol. The number of fused-ring (bicyclic) bond motifs is 1. The highest BCUT2D eigenvalue weighted by atomic mass is 32.2. The lowest BCUT2D eigenvalue weighted by molar-refractivity contribution is -0.118. The Hall–Kier alpha value is -4.11. The van der Waals surface area contributed by atoms with Gasteiger partial charge in [0.05, 0.1) is 35.2 Å². The van der Waals surface area contributed by atoms with E-state index in [0.717, 1.165) is 11.8 Å². The van der Waals surface area contributed by atoms with E-state index in [0.29, 0.717) is 39.7 Å². The van der Waals surface area contributed by atoms with Crippen molar-refractivity contribution in [2.75, 3.05) is 12.4 Å². The predicted octanol–water partition coefficient (Wildman–Crippen LogP) is 3.73. The van der Waals surface area contributed by atoms with Crippen molar-refractivity contribution >= 4 is 34.8 Å². The van der Waals surface area contributed by atoms with Crippen LogP contribution in [0.2, 0.25) is 0 Å². The van der Waals surface area contributed by atoms with Crippen LogP contribution in [0.1, 0.15) is 12.5 Å². The maximum Gasteiger partial charge on any atom is 0.266 e. The first-order chi connectivity index (χ1) is 16.6. The molecule has 0 saturated heterocycles. The number of aromatic nitrogens is 2. The summed E-state index contributed by atoms with van der Waals surface area (Å²) >= 11 is 1.15. The number of aromatic hydroxyl groups is 1. The summed E-state index contributed by atoms with van der Waals surface area (Å²) in [6, 6.07) is 21.1. The number of thioether (sulfide) groups is 1. The maximum atomic E-state index is 13.2. The molecule has 4 aromatic rings. The van der Waals surface area contributed by atoms with E-state index < -0.39 is 0 Å². The number of nitrogens with one attached hydrogen (secondary N) is 1. The summed E-state index contributed by atoms with van der Waals surface area (Å²) in [6.45, 7) is 2.23. The lowest BCUT2D eigenvalue weighted by Crippen LogP contribution is -2.24. The van der Waals surface area contributed by atoms with Crippen LogP contribution in [0.5, 0.6) is 11.5 Å². The smallest absolute Gasteiger partial charge is 0.266 e. The van der Waals surface area contributed by atoms with E-state index in [-0.39, 0.29) is 23.0 Å². The lowest BCUT2D eigenvalue weighted by Gasteiger charge is -2.12. The number of phenols is 1. The number of benzene rings is 3. The van der Waals surface area contributed by atoms with Gasteiger partial charge in [-0.15, -0.1) is 0 Å². The van der Waals surface area contributed by atoms with Crippen LogP contribution in [-0.4, -0.2) is 39.1 Å². The van der Waals surface area contributed by atoms with Crippen LogP contribution in [0.4, 0.5) is 0 Å². The Kier molecular flexibility index (Phi) is 7.24. The van der Waals surface area contributed by atoms with Gasteiger partial charge < -0.3 is 9.84 Å². The summed E-state index contributed by atoms with van der Waals surface area (Å²) in [5.41, 5.74) is 4.16. The minimum atomic E-state index is -0.355. The third-order valence-electron chi connectivity index (χ3n) is 4.78. The number of amides is 1. The van der Waals surface area contributed by atoms with Gasteiger partial charge in [-0.05, 0) is 55.0 Å². The Labute approximate surface area is 199 Å². The van der Waals surface area contributed by atoms with Gasteiger partial charge in [-0.1, -0.05) is 42.1 Å². The minimum absolute atomic E-state index is 0.00866. The van der Waals surface area contributed by atoms with E-state index in [1.165, 1.54) is 16.8 Å². The summed E-state index contributed by atoms with van der Waals surface area (Å²) in [6.07, 6.45) is 1.46. The molecule has 3 aromatic carbocycles. The molecule has 0 unspecified atom stereocenters. The topological polar surface area (TPSA) is 106 Å². The van der Waals surface area contributed by atoms with Gasteiger partial charge in [0.15, 0.2) is 16.7 Å². The molecule has 2 N–H and O–H groups in total. The van der Waals surface area contributed by atoms with Crippen LogP contribution in [0.3, 0.4) is 0 Å². The fourth-order valence-electron chi connectivity index (χ4n) is 3.24. The summed E-state index contributed by atoms with van der Waals surface area (Å²) in [5, 5.41) is 14.7. The molecule has 0 aliphatic heterocycles. The van der Waals surface area contributed by atoms with Crippen molar-refractivity contribution in [2.24, 2.45) is 5.10 Å². The number of hydrogen-bond acceptors (Lipinski definition) is 7. The second-order valence-corrected chi connectivity index (χ2v) is 8.07. The highest BCUT2D eigenvalue weighted by molar-refractivity contribution is 7.99. The normalized spacial score (nSPS) is 11.1. The quantitative estimate of drug-likeness (QED) is 0.174. The van der Waals surface area contributed by atoms with Crippen molar-refractivity contribution < 1.29 is 14.6 Å². The van der Waals surface area contributed by atoms with Crippen LogP contribution in [0.15, 0.2) is 87.8 Å². The number of nitrogens with zero attached hydrogens (tertiary/aromatic N) is 3. The largest absolute Gasteiger partial charge is 0.504 e. The minimum Gasteiger partial charge on any atom is -0.504 e. The molecule has 0 spiro atoms. The van der Waals surface area contributed by atoms with Gasteiger partial charge in [-0.2, -0.15) is 5.10 Å². The van der Waals surface area contributed by atoms with Crippen molar-refractivity contribution in [1.29, 1.82) is 0 Å². The van der Waals surface area contributed by atoms with Crippen molar-refractivity contribution in [3.05, 3.63) is 88.7 Å². The molecule has 8 nitrogen and oxygen atoms in total. The first-order valence-electron chi connectivity index (χ1n) is 10.5. The Bertz CT molecular complexity index is 1400. The van der Waals surface area contributed by atoms with E-state index in [4.69, 9.17) is 4.74 Å². The molecule has 0 atom stereocenters.